The molecule has 6 nitrogen and oxygen atoms in total. The van der Waals surface area contributed by atoms with Crippen LogP contribution in [0.3, 0.4) is 0 Å². The number of nitrogens with two attached hydrogens (primary N) is 1. The van der Waals surface area contributed by atoms with Gasteiger partial charge in [0.1, 0.15) is 5.69 Å². The molecule has 0 spiro atoms. The highest BCUT2D eigenvalue weighted by Gasteiger charge is 2.31. The maximum absolute atomic E-state index is 12.6. The molecule has 2 atom stereocenters. The number of nitrogens with zero attached hydrogens (tertiary/aromatic N) is 3. The van der Waals surface area contributed by atoms with Gasteiger partial charge in [-0.3, -0.25) is 4.79 Å². The minimum atomic E-state index is -0.578. The van der Waals surface area contributed by atoms with Crippen LogP contribution in [0.25, 0.3) is 5.69 Å². The number of para-hydroxylation sites is 1. The van der Waals surface area contributed by atoms with Crippen molar-refractivity contribution < 1.29 is 4.79 Å². The summed E-state index contributed by atoms with van der Waals surface area (Å²) in [6.07, 6.45) is 5.57. The lowest BCUT2D eigenvalue weighted by molar-refractivity contribution is -0.127. The number of amides is 1. The zero-order chi connectivity index (χ0) is 17.2. The molecule has 1 saturated carbocycles. The van der Waals surface area contributed by atoms with E-state index in [0.717, 1.165) is 37.1 Å². The summed E-state index contributed by atoms with van der Waals surface area (Å²) in [6, 6.07) is 9.93. The average molecular weight is 327 g/mol. The van der Waals surface area contributed by atoms with Gasteiger partial charge in [-0.2, -0.15) is 0 Å². The van der Waals surface area contributed by atoms with Crippen molar-refractivity contribution in [3.63, 3.8) is 0 Å². The quantitative estimate of drug-likeness (QED) is 0.901. The predicted molar refractivity (Wildman–Crippen MR) is 92.5 cm³/mol. The summed E-state index contributed by atoms with van der Waals surface area (Å²) < 4.78 is 1.72. The van der Waals surface area contributed by atoms with Gasteiger partial charge in [-0.1, -0.05) is 29.8 Å². The van der Waals surface area contributed by atoms with Crippen molar-refractivity contribution in [2.24, 2.45) is 11.7 Å². The predicted octanol–water partition coefficient (Wildman–Crippen LogP) is 2.14. The largest absolute Gasteiger partial charge is 0.345 e. The van der Waals surface area contributed by atoms with Crippen molar-refractivity contribution in [2.45, 2.75) is 51.1 Å². The van der Waals surface area contributed by atoms with Gasteiger partial charge >= 0.3 is 0 Å². The summed E-state index contributed by atoms with van der Waals surface area (Å²) in [5, 5.41) is 11.5. The van der Waals surface area contributed by atoms with Gasteiger partial charge in [-0.15, -0.1) is 5.10 Å². The Balaban J connectivity index is 1.71. The Labute approximate surface area is 142 Å². The fourth-order valence-corrected chi connectivity index (χ4v) is 3.20. The molecule has 6 heteroatoms. The fraction of sp³-hybridized carbons (Fsp3) is 0.500. The molecule has 128 valence electrons. The molecule has 1 aromatic carbocycles. The molecule has 1 fully saturated rings. The Hall–Kier alpha value is -2.21. The Morgan fingerprint density at radius 2 is 2.04 bits per heavy atom. The van der Waals surface area contributed by atoms with Crippen molar-refractivity contribution in [3.8, 4) is 5.69 Å². The van der Waals surface area contributed by atoms with Gasteiger partial charge in [0.25, 0.3) is 0 Å². The molecule has 2 unspecified atom stereocenters. The molecule has 0 bridgehead atoms. The van der Waals surface area contributed by atoms with E-state index in [0.29, 0.717) is 0 Å². The highest BCUT2D eigenvalue weighted by Crippen LogP contribution is 2.25. The number of carbonyl (C=O) groups excluding carboxylic acids is 1. The first kappa shape index (κ1) is 16.6. The molecule has 1 heterocycles. The lowest BCUT2D eigenvalue weighted by Gasteiger charge is -2.30. The maximum atomic E-state index is 12.6. The van der Waals surface area contributed by atoms with E-state index < -0.39 is 5.54 Å². The van der Waals surface area contributed by atoms with Crippen LogP contribution in [-0.4, -0.2) is 26.9 Å². The Morgan fingerprint density at radius 1 is 1.29 bits per heavy atom. The van der Waals surface area contributed by atoms with Gasteiger partial charge in [0.2, 0.25) is 5.91 Å². The second-order valence-corrected chi connectivity index (χ2v) is 7.12. The van der Waals surface area contributed by atoms with Gasteiger partial charge in [-0.05, 0) is 45.2 Å². The van der Waals surface area contributed by atoms with Crippen LogP contribution in [0.15, 0.2) is 36.5 Å². The highest BCUT2D eigenvalue weighted by molar-refractivity contribution is 5.79. The van der Waals surface area contributed by atoms with Crippen LogP contribution in [0.5, 0.6) is 0 Å². The first-order chi connectivity index (χ1) is 11.5. The molecule has 1 aliphatic rings. The number of rotatable bonds is 4. The SMILES string of the molecule is CC(C)(NC(=O)C1CCCC(N)C1)c1cn(-c2ccccc2)nn1. The number of hydrogen-bond donors (Lipinski definition) is 2. The van der Waals surface area contributed by atoms with Crippen LogP contribution in [0.1, 0.15) is 45.2 Å². The van der Waals surface area contributed by atoms with Crippen LogP contribution < -0.4 is 11.1 Å². The average Bonchev–Trinajstić information content (AvgIpc) is 3.06. The van der Waals surface area contributed by atoms with E-state index in [2.05, 4.69) is 15.6 Å². The van der Waals surface area contributed by atoms with Gasteiger partial charge in [0.15, 0.2) is 0 Å². The summed E-state index contributed by atoms with van der Waals surface area (Å²) in [4.78, 5) is 12.6. The number of benzene rings is 1. The molecule has 0 aliphatic heterocycles. The normalized spacial score (nSPS) is 21.5. The second-order valence-electron chi connectivity index (χ2n) is 7.12. The van der Waals surface area contributed by atoms with Crippen molar-refractivity contribution in [1.82, 2.24) is 20.3 Å². The molecule has 1 aromatic heterocycles. The molecular formula is C18H25N5O. The standard InChI is InChI=1S/C18H25N5O/c1-18(2,20-17(24)13-7-6-8-14(19)11-13)16-12-23(22-21-16)15-9-4-3-5-10-15/h3-5,9-10,12-14H,6-8,11,19H2,1-2H3,(H,20,24). The molecular weight excluding hydrogens is 302 g/mol. The van der Waals surface area contributed by atoms with Gasteiger partial charge in [-0.25, -0.2) is 4.68 Å². The van der Waals surface area contributed by atoms with E-state index in [1.165, 1.54) is 0 Å². The summed E-state index contributed by atoms with van der Waals surface area (Å²) in [5.74, 6) is 0.0570. The number of carbonyl (C=O) groups is 1. The van der Waals surface area contributed by atoms with E-state index in [-0.39, 0.29) is 17.9 Å². The Kier molecular flexibility index (Phi) is 4.66. The Morgan fingerprint density at radius 3 is 2.75 bits per heavy atom. The monoisotopic (exact) mass is 327 g/mol. The molecule has 1 amide bonds. The molecule has 2 aromatic rings. The van der Waals surface area contributed by atoms with Crippen LogP contribution in [0.4, 0.5) is 0 Å². The van der Waals surface area contributed by atoms with Crippen LogP contribution >= 0.6 is 0 Å². The summed E-state index contributed by atoms with van der Waals surface area (Å²) in [6.45, 7) is 3.90. The van der Waals surface area contributed by atoms with Gasteiger partial charge in [0, 0.05) is 12.0 Å². The van der Waals surface area contributed by atoms with Crippen molar-refractivity contribution >= 4 is 5.91 Å². The Bertz CT molecular complexity index is 694. The molecule has 24 heavy (non-hydrogen) atoms. The van der Waals surface area contributed by atoms with Crippen LogP contribution in [0.2, 0.25) is 0 Å². The molecule has 3 N–H and O–H groups in total. The second kappa shape index (κ2) is 6.73. The first-order valence-electron chi connectivity index (χ1n) is 8.51. The zero-order valence-corrected chi connectivity index (χ0v) is 14.3. The summed E-state index contributed by atoms with van der Waals surface area (Å²) in [7, 11) is 0. The lowest BCUT2D eigenvalue weighted by atomic mass is 9.85. The summed E-state index contributed by atoms with van der Waals surface area (Å²) >= 11 is 0. The third-order valence-electron chi connectivity index (χ3n) is 4.68. The van der Waals surface area contributed by atoms with E-state index in [1.54, 1.807) is 4.68 Å². The van der Waals surface area contributed by atoms with E-state index in [9.17, 15) is 4.79 Å². The van der Waals surface area contributed by atoms with E-state index >= 15 is 0 Å². The van der Waals surface area contributed by atoms with Crippen molar-refractivity contribution in [1.29, 1.82) is 0 Å². The zero-order valence-electron chi connectivity index (χ0n) is 14.3. The van der Waals surface area contributed by atoms with Crippen LogP contribution in [-0.2, 0) is 10.3 Å². The lowest BCUT2D eigenvalue weighted by Crippen LogP contribution is -2.46. The van der Waals surface area contributed by atoms with E-state index in [4.69, 9.17) is 5.73 Å². The topological polar surface area (TPSA) is 85.8 Å². The number of hydrogen-bond acceptors (Lipinski definition) is 4. The maximum Gasteiger partial charge on any atom is 0.223 e. The minimum Gasteiger partial charge on any atom is -0.345 e. The highest BCUT2D eigenvalue weighted by atomic mass is 16.2. The van der Waals surface area contributed by atoms with E-state index in [1.807, 2.05) is 50.4 Å². The molecule has 0 saturated heterocycles. The molecule has 1 aliphatic carbocycles. The van der Waals surface area contributed by atoms with Crippen molar-refractivity contribution in [2.75, 3.05) is 0 Å². The molecule has 0 radical (unpaired) electrons. The smallest absolute Gasteiger partial charge is 0.223 e. The summed E-state index contributed by atoms with van der Waals surface area (Å²) in [5.41, 5.74) is 7.10. The fourth-order valence-electron chi connectivity index (χ4n) is 3.20. The van der Waals surface area contributed by atoms with Crippen molar-refractivity contribution in [3.05, 3.63) is 42.2 Å². The first-order valence-corrected chi connectivity index (χ1v) is 8.51. The van der Waals surface area contributed by atoms with Crippen LogP contribution in [0, 0.1) is 5.92 Å². The van der Waals surface area contributed by atoms with Gasteiger partial charge < -0.3 is 11.1 Å². The van der Waals surface area contributed by atoms with Gasteiger partial charge in [0.05, 0.1) is 17.4 Å². The minimum absolute atomic E-state index is 0.00260. The third kappa shape index (κ3) is 3.64. The third-order valence-corrected chi connectivity index (χ3v) is 4.68. The number of aromatic nitrogens is 3. The molecule has 3 rings (SSSR count). The number of nitrogens with one attached hydrogen (secondary N) is 1.